The van der Waals surface area contributed by atoms with Gasteiger partial charge in [0, 0.05) is 6.54 Å². The van der Waals surface area contributed by atoms with Gasteiger partial charge in [0.2, 0.25) is 5.91 Å². The van der Waals surface area contributed by atoms with Crippen molar-refractivity contribution in [1.82, 2.24) is 5.32 Å². The first kappa shape index (κ1) is 13.7. The average Bonchev–Trinajstić information content (AvgIpc) is 2.28. The maximum Gasteiger partial charge on any atom is 0.239 e. The highest BCUT2D eigenvalue weighted by molar-refractivity contribution is 5.84. The standard InChI is InChI=1S/C14H22N2O/c1-11(12-7-5-4-6-8-12)9-10-16-13(17)14(2,3)15/h4-8,11H,9-10,15H2,1-3H3,(H,16,17). The summed E-state index contributed by atoms with van der Waals surface area (Å²) in [5, 5.41) is 2.86. The van der Waals surface area contributed by atoms with E-state index in [0.717, 1.165) is 6.42 Å². The van der Waals surface area contributed by atoms with Crippen molar-refractivity contribution in [2.75, 3.05) is 6.54 Å². The highest BCUT2D eigenvalue weighted by atomic mass is 16.2. The van der Waals surface area contributed by atoms with E-state index in [4.69, 9.17) is 5.73 Å². The van der Waals surface area contributed by atoms with E-state index in [0.29, 0.717) is 12.5 Å². The van der Waals surface area contributed by atoms with Crippen LogP contribution in [-0.4, -0.2) is 18.0 Å². The summed E-state index contributed by atoms with van der Waals surface area (Å²) in [6, 6.07) is 10.3. The van der Waals surface area contributed by atoms with Crippen molar-refractivity contribution in [2.24, 2.45) is 5.73 Å². The maximum atomic E-state index is 11.5. The van der Waals surface area contributed by atoms with E-state index in [1.165, 1.54) is 5.56 Å². The molecule has 0 bridgehead atoms. The fourth-order valence-electron chi connectivity index (χ4n) is 1.58. The summed E-state index contributed by atoms with van der Waals surface area (Å²) in [4.78, 5) is 11.5. The molecule has 94 valence electrons. The Bertz CT molecular complexity index is 354. The molecular formula is C14H22N2O. The molecule has 0 spiro atoms. The third kappa shape index (κ3) is 4.57. The van der Waals surface area contributed by atoms with Crippen LogP contribution >= 0.6 is 0 Å². The van der Waals surface area contributed by atoms with Gasteiger partial charge in [-0.05, 0) is 31.7 Å². The minimum Gasteiger partial charge on any atom is -0.355 e. The molecule has 0 heterocycles. The Hall–Kier alpha value is -1.35. The first-order valence-corrected chi connectivity index (χ1v) is 6.03. The molecule has 0 aliphatic carbocycles. The van der Waals surface area contributed by atoms with Gasteiger partial charge in [0.1, 0.15) is 0 Å². The number of amides is 1. The van der Waals surface area contributed by atoms with Gasteiger partial charge in [-0.15, -0.1) is 0 Å². The van der Waals surface area contributed by atoms with Crippen LogP contribution in [0.3, 0.4) is 0 Å². The van der Waals surface area contributed by atoms with E-state index >= 15 is 0 Å². The first-order chi connectivity index (χ1) is 7.91. The lowest BCUT2D eigenvalue weighted by atomic mass is 9.98. The quantitative estimate of drug-likeness (QED) is 0.819. The third-order valence-electron chi connectivity index (χ3n) is 2.82. The number of carbonyl (C=O) groups is 1. The zero-order valence-corrected chi connectivity index (χ0v) is 10.9. The molecule has 1 unspecified atom stereocenters. The van der Waals surface area contributed by atoms with Crippen molar-refractivity contribution in [3.05, 3.63) is 35.9 Å². The van der Waals surface area contributed by atoms with Crippen LogP contribution in [-0.2, 0) is 4.79 Å². The third-order valence-corrected chi connectivity index (χ3v) is 2.82. The number of benzene rings is 1. The van der Waals surface area contributed by atoms with Crippen molar-refractivity contribution >= 4 is 5.91 Å². The minimum atomic E-state index is -0.796. The lowest BCUT2D eigenvalue weighted by Crippen LogP contribution is -2.49. The summed E-state index contributed by atoms with van der Waals surface area (Å²) in [7, 11) is 0. The van der Waals surface area contributed by atoms with Crippen molar-refractivity contribution in [3.63, 3.8) is 0 Å². The molecule has 0 saturated carbocycles. The summed E-state index contributed by atoms with van der Waals surface area (Å²) in [6.07, 6.45) is 0.922. The van der Waals surface area contributed by atoms with Gasteiger partial charge in [-0.1, -0.05) is 37.3 Å². The Kier molecular flexibility index (Phi) is 4.70. The molecule has 1 atom stereocenters. The molecule has 0 saturated heterocycles. The van der Waals surface area contributed by atoms with E-state index < -0.39 is 5.54 Å². The molecule has 1 aromatic carbocycles. The molecule has 0 aliphatic rings. The number of nitrogens with two attached hydrogens (primary N) is 1. The normalized spacial score (nSPS) is 13.2. The van der Waals surface area contributed by atoms with Crippen LogP contribution in [0, 0.1) is 0 Å². The Morgan fingerprint density at radius 2 is 1.94 bits per heavy atom. The molecular weight excluding hydrogens is 212 g/mol. The van der Waals surface area contributed by atoms with Crippen LogP contribution in [0.2, 0.25) is 0 Å². The zero-order valence-electron chi connectivity index (χ0n) is 10.9. The van der Waals surface area contributed by atoms with Crippen LogP contribution in [0.4, 0.5) is 0 Å². The van der Waals surface area contributed by atoms with E-state index in [9.17, 15) is 4.79 Å². The van der Waals surface area contributed by atoms with E-state index in [1.807, 2.05) is 18.2 Å². The number of carbonyl (C=O) groups excluding carboxylic acids is 1. The first-order valence-electron chi connectivity index (χ1n) is 6.03. The number of rotatable bonds is 5. The number of hydrogen-bond donors (Lipinski definition) is 2. The monoisotopic (exact) mass is 234 g/mol. The van der Waals surface area contributed by atoms with E-state index in [2.05, 4.69) is 24.4 Å². The van der Waals surface area contributed by atoms with Gasteiger partial charge in [0.25, 0.3) is 0 Å². The Morgan fingerprint density at radius 1 is 1.35 bits per heavy atom. The van der Waals surface area contributed by atoms with Crippen molar-refractivity contribution in [2.45, 2.75) is 38.6 Å². The molecule has 3 N–H and O–H groups in total. The predicted octanol–water partition coefficient (Wildman–Crippen LogP) is 2.03. The molecule has 0 aliphatic heterocycles. The fourth-order valence-corrected chi connectivity index (χ4v) is 1.58. The largest absolute Gasteiger partial charge is 0.355 e. The smallest absolute Gasteiger partial charge is 0.239 e. The second kappa shape index (κ2) is 5.82. The van der Waals surface area contributed by atoms with Crippen LogP contribution in [0.1, 0.15) is 38.7 Å². The number of hydrogen-bond acceptors (Lipinski definition) is 2. The fraction of sp³-hybridized carbons (Fsp3) is 0.500. The Labute approximate surface area is 103 Å². The van der Waals surface area contributed by atoms with Gasteiger partial charge < -0.3 is 11.1 Å². The molecule has 0 aromatic heterocycles. The summed E-state index contributed by atoms with van der Waals surface area (Å²) >= 11 is 0. The SMILES string of the molecule is CC(CCNC(=O)C(C)(C)N)c1ccccc1. The molecule has 0 radical (unpaired) electrons. The molecule has 1 aromatic rings. The van der Waals surface area contributed by atoms with Gasteiger partial charge in [0.05, 0.1) is 5.54 Å². The minimum absolute atomic E-state index is 0.0993. The topological polar surface area (TPSA) is 55.1 Å². The van der Waals surface area contributed by atoms with Gasteiger partial charge in [-0.3, -0.25) is 4.79 Å². The summed E-state index contributed by atoms with van der Waals surface area (Å²) in [6.45, 7) is 6.25. The second-order valence-corrected chi connectivity index (χ2v) is 5.08. The van der Waals surface area contributed by atoms with Gasteiger partial charge >= 0.3 is 0 Å². The van der Waals surface area contributed by atoms with Crippen LogP contribution in [0.15, 0.2) is 30.3 Å². The second-order valence-electron chi connectivity index (χ2n) is 5.08. The molecule has 1 amide bonds. The van der Waals surface area contributed by atoms with Crippen molar-refractivity contribution < 1.29 is 4.79 Å². The maximum absolute atomic E-state index is 11.5. The lowest BCUT2D eigenvalue weighted by molar-refractivity contribution is -0.125. The lowest BCUT2D eigenvalue weighted by Gasteiger charge is -2.19. The molecule has 3 heteroatoms. The van der Waals surface area contributed by atoms with Crippen LogP contribution < -0.4 is 11.1 Å². The van der Waals surface area contributed by atoms with Crippen LogP contribution in [0.25, 0.3) is 0 Å². The molecule has 3 nitrogen and oxygen atoms in total. The van der Waals surface area contributed by atoms with Gasteiger partial charge in [0.15, 0.2) is 0 Å². The van der Waals surface area contributed by atoms with Gasteiger partial charge in [-0.2, -0.15) is 0 Å². The molecule has 0 fully saturated rings. The van der Waals surface area contributed by atoms with Crippen molar-refractivity contribution in [1.29, 1.82) is 0 Å². The molecule has 17 heavy (non-hydrogen) atoms. The van der Waals surface area contributed by atoms with E-state index in [1.54, 1.807) is 13.8 Å². The predicted molar refractivity (Wildman–Crippen MR) is 70.8 cm³/mol. The summed E-state index contributed by atoms with van der Waals surface area (Å²) < 4.78 is 0. The Balaban J connectivity index is 2.35. The summed E-state index contributed by atoms with van der Waals surface area (Å²) in [5.74, 6) is 0.343. The average molecular weight is 234 g/mol. The molecule has 1 rings (SSSR count). The summed E-state index contributed by atoms with van der Waals surface area (Å²) in [5.41, 5.74) is 6.20. The number of nitrogens with one attached hydrogen (secondary N) is 1. The van der Waals surface area contributed by atoms with Crippen LogP contribution in [0.5, 0.6) is 0 Å². The Morgan fingerprint density at radius 3 is 2.47 bits per heavy atom. The highest BCUT2D eigenvalue weighted by Crippen LogP contribution is 2.17. The highest BCUT2D eigenvalue weighted by Gasteiger charge is 2.21. The van der Waals surface area contributed by atoms with E-state index in [-0.39, 0.29) is 5.91 Å². The van der Waals surface area contributed by atoms with Crippen molar-refractivity contribution in [3.8, 4) is 0 Å². The zero-order chi connectivity index (χ0) is 12.9. The van der Waals surface area contributed by atoms with Gasteiger partial charge in [-0.25, -0.2) is 0 Å².